The summed E-state index contributed by atoms with van der Waals surface area (Å²) in [5.41, 5.74) is 1.77. The summed E-state index contributed by atoms with van der Waals surface area (Å²) in [6, 6.07) is 7.03. The van der Waals surface area contributed by atoms with Gasteiger partial charge in [0.2, 0.25) is 0 Å². The first kappa shape index (κ1) is 23.9. The predicted molar refractivity (Wildman–Crippen MR) is 117 cm³/mol. The minimum atomic E-state index is -1.14. The number of nitrogens with one attached hydrogen (secondary N) is 1. The van der Waals surface area contributed by atoms with Gasteiger partial charge in [-0.1, -0.05) is 24.3 Å². The molecule has 2 N–H and O–H groups in total. The first-order valence-electron chi connectivity index (χ1n) is 10.0. The smallest absolute Gasteiger partial charge is 0.336 e. The van der Waals surface area contributed by atoms with Crippen molar-refractivity contribution in [1.29, 1.82) is 0 Å². The van der Waals surface area contributed by atoms with Crippen molar-refractivity contribution in [3.63, 3.8) is 0 Å². The summed E-state index contributed by atoms with van der Waals surface area (Å²) >= 11 is 0. The van der Waals surface area contributed by atoms with E-state index in [0.717, 1.165) is 0 Å². The van der Waals surface area contributed by atoms with E-state index in [-0.39, 0.29) is 17.8 Å². The van der Waals surface area contributed by atoms with E-state index in [1.807, 2.05) is 0 Å². The zero-order valence-corrected chi connectivity index (χ0v) is 18.7. The quantitative estimate of drug-likeness (QED) is 0.524. The number of hydrogen-bond donors (Lipinski definition) is 2. The Bertz CT molecular complexity index is 978. The van der Waals surface area contributed by atoms with Crippen LogP contribution in [0.2, 0.25) is 0 Å². The average Bonchev–Trinajstić information content (AvgIpc) is 2.64. The van der Waals surface area contributed by atoms with Crippen molar-refractivity contribution in [2.45, 2.75) is 53.1 Å². The van der Waals surface area contributed by atoms with Crippen molar-refractivity contribution in [2.75, 3.05) is 6.61 Å². The van der Waals surface area contributed by atoms with Crippen molar-refractivity contribution in [3.05, 3.63) is 64.0 Å². The molecule has 1 aromatic rings. The van der Waals surface area contributed by atoms with Crippen LogP contribution in [-0.4, -0.2) is 35.2 Å². The highest BCUT2D eigenvalue weighted by atomic mass is 16.6. The number of carbonyl (C=O) groups is 3. The summed E-state index contributed by atoms with van der Waals surface area (Å²) in [5.74, 6) is -3.11. The number of ether oxygens (including phenoxy) is 2. The first-order valence-corrected chi connectivity index (χ1v) is 10.0. The number of rotatable bonds is 6. The van der Waals surface area contributed by atoms with E-state index in [1.54, 1.807) is 71.9 Å². The van der Waals surface area contributed by atoms with Crippen LogP contribution in [-0.2, 0) is 23.9 Å². The van der Waals surface area contributed by atoms with Crippen molar-refractivity contribution < 1.29 is 29.0 Å². The molecule has 1 unspecified atom stereocenters. The zero-order valence-electron chi connectivity index (χ0n) is 18.7. The minimum absolute atomic E-state index is 0.0479. The average molecular weight is 427 g/mol. The fourth-order valence-electron chi connectivity index (χ4n) is 3.49. The van der Waals surface area contributed by atoms with Gasteiger partial charge in [-0.05, 0) is 58.7 Å². The van der Waals surface area contributed by atoms with E-state index in [4.69, 9.17) is 9.47 Å². The summed E-state index contributed by atoms with van der Waals surface area (Å²) in [6.07, 6.45) is 2.86. The molecule has 0 amide bonds. The van der Waals surface area contributed by atoms with Crippen LogP contribution in [0.1, 0.15) is 58.6 Å². The van der Waals surface area contributed by atoms with Crippen molar-refractivity contribution in [2.24, 2.45) is 0 Å². The highest BCUT2D eigenvalue weighted by Gasteiger charge is 2.37. The van der Waals surface area contributed by atoms with Gasteiger partial charge in [-0.25, -0.2) is 14.4 Å². The lowest BCUT2D eigenvalue weighted by atomic mass is 9.78. The molecule has 0 bridgehead atoms. The standard InChI is InChI=1S/C24H29NO6/c1-7-30-23(29)20-15(3)25-14(2)19(22(27)28)21(20)17-11-9-8-10-16(17)12-13-18(26)31-24(4,5)6/h8-13,21,25H,7H2,1-6H3,(H,27,28)/b13-12-. The van der Waals surface area contributed by atoms with Crippen LogP contribution in [0.4, 0.5) is 0 Å². The van der Waals surface area contributed by atoms with E-state index in [9.17, 15) is 19.5 Å². The number of dihydropyridines is 1. The van der Waals surface area contributed by atoms with Gasteiger partial charge in [-0.15, -0.1) is 0 Å². The molecule has 1 aromatic carbocycles. The zero-order chi connectivity index (χ0) is 23.3. The molecule has 166 valence electrons. The Morgan fingerprint density at radius 2 is 1.71 bits per heavy atom. The van der Waals surface area contributed by atoms with Gasteiger partial charge in [-0.3, -0.25) is 0 Å². The van der Waals surface area contributed by atoms with Crippen LogP contribution < -0.4 is 5.32 Å². The van der Waals surface area contributed by atoms with Crippen LogP contribution in [0.3, 0.4) is 0 Å². The fraction of sp³-hybridized carbons (Fsp3) is 0.375. The van der Waals surface area contributed by atoms with Gasteiger partial charge in [0, 0.05) is 17.5 Å². The highest BCUT2D eigenvalue weighted by molar-refractivity contribution is 5.99. The van der Waals surface area contributed by atoms with Gasteiger partial charge < -0.3 is 19.9 Å². The van der Waals surface area contributed by atoms with Crippen molar-refractivity contribution >= 4 is 24.0 Å². The topological polar surface area (TPSA) is 102 Å². The molecular weight excluding hydrogens is 398 g/mol. The lowest BCUT2D eigenvalue weighted by Gasteiger charge is -2.30. The molecule has 0 aliphatic carbocycles. The Balaban J connectivity index is 2.61. The summed E-state index contributed by atoms with van der Waals surface area (Å²) in [6.45, 7) is 10.5. The molecule has 0 fully saturated rings. The molecular formula is C24H29NO6. The number of carboxylic acid groups (broad SMARTS) is 1. The number of carboxylic acids is 1. The lowest BCUT2D eigenvalue weighted by Crippen LogP contribution is -2.32. The second kappa shape index (κ2) is 9.64. The molecule has 2 rings (SSSR count). The molecule has 1 atom stereocenters. The Labute approximate surface area is 182 Å². The third kappa shape index (κ3) is 5.84. The summed E-state index contributed by atoms with van der Waals surface area (Å²) < 4.78 is 10.5. The molecule has 31 heavy (non-hydrogen) atoms. The summed E-state index contributed by atoms with van der Waals surface area (Å²) in [5, 5.41) is 12.9. The molecule has 1 aliphatic heterocycles. The Kier molecular flexibility index (Phi) is 7.44. The maximum absolute atomic E-state index is 12.8. The van der Waals surface area contributed by atoms with E-state index in [0.29, 0.717) is 22.5 Å². The Hall–Kier alpha value is -3.35. The first-order chi connectivity index (χ1) is 14.5. The number of carbonyl (C=O) groups excluding carboxylic acids is 2. The van der Waals surface area contributed by atoms with E-state index in [1.165, 1.54) is 6.08 Å². The van der Waals surface area contributed by atoms with E-state index in [2.05, 4.69) is 5.32 Å². The van der Waals surface area contributed by atoms with Crippen LogP contribution in [0.25, 0.3) is 6.08 Å². The second-order valence-electron chi connectivity index (χ2n) is 8.16. The number of hydrogen-bond acceptors (Lipinski definition) is 6. The SMILES string of the molecule is CCOC(=O)C1=C(C)NC(C)=C(C(=O)O)C1c1ccccc1/C=C\C(=O)OC(C)(C)C. The molecule has 0 spiro atoms. The number of allylic oxidation sites excluding steroid dienone is 2. The second-order valence-corrected chi connectivity index (χ2v) is 8.16. The fourth-order valence-corrected chi connectivity index (χ4v) is 3.49. The maximum Gasteiger partial charge on any atom is 0.336 e. The van der Waals surface area contributed by atoms with Gasteiger partial charge in [0.25, 0.3) is 0 Å². The number of benzene rings is 1. The highest BCUT2D eigenvalue weighted by Crippen LogP contribution is 2.40. The van der Waals surface area contributed by atoms with Crippen molar-refractivity contribution in [3.8, 4) is 0 Å². The van der Waals surface area contributed by atoms with E-state index >= 15 is 0 Å². The van der Waals surface area contributed by atoms with Gasteiger partial charge >= 0.3 is 17.9 Å². The molecule has 0 saturated heterocycles. The number of aliphatic carboxylic acids is 1. The van der Waals surface area contributed by atoms with E-state index < -0.39 is 29.4 Å². The van der Waals surface area contributed by atoms with Gasteiger partial charge in [0.05, 0.1) is 23.7 Å². The molecule has 1 aliphatic rings. The molecule has 0 radical (unpaired) electrons. The van der Waals surface area contributed by atoms with Crippen LogP contribution in [0, 0.1) is 0 Å². The van der Waals surface area contributed by atoms with Crippen LogP contribution in [0.15, 0.2) is 52.9 Å². The monoisotopic (exact) mass is 427 g/mol. The Morgan fingerprint density at radius 1 is 1.10 bits per heavy atom. The number of esters is 2. The normalized spacial score (nSPS) is 16.9. The third-order valence-corrected chi connectivity index (χ3v) is 4.60. The van der Waals surface area contributed by atoms with Crippen molar-refractivity contribution in [1.82, 2.24) is 5.32 Å². The van der Waals surface area contributed by atoms with Gasteiger partial charge in [0.1, 0.15) is 5.60 Å². The van der Waals surface area contributed by atoms with Crippen LogP contribution >= 0.6 is 0 Å². The molecule has 0 aromatic heterocycles. The maximum atomic E-state index is 12.8. The predicted octanol–water partition coefficient (Wildman–Crippen LogP) is 3.92. The van der Waals surface area contributed by atoms with Gasteiger partial charge in [-0.2, -0.15) is 0 Å². The van der Waals surface area contributed by atoms with Gasteiger partial charge in [0.15, 0.2) is 0 Å². The molecule has 7 heteroatoms. The minimum Gasteiger partial charge on any atom is -0.478 e. The third-order valence-electron chi connectivity index (χ3n) is 4.60. The molecule has 1 heterocycles. The molecule has 7 nitrogen and oxygen atoms in total. The summed E-state index contributed by atoms with van der Waals surface area (Å²) in [4.78, 5) is 37.1. The van der Waals surface area contributed by atoms with Crippen LogP contribution in [0.5, 0.6) is 0 Å². The largest absolute Gasteiger partial charge is 0.478 e. The summed E-state index contributed by atoms with van der Waals surface area (Å²) in [7, 11) is 0. The Morgan fingerprint density at radius 3 is 2.29 bits per heavy atom. The molecule has 0 saturated carbocycles. The lowest BCUT2D eigenvalue weighted by molar-refractivity contribution is -0.148.